The van der Waals surface area contributed by atoms with Crippen LogP contribution in [0.25, 0.3) is 0 Å². The van der Waals surface area contributed by atoms with E-state index in [2.05, 4.69) is 0 Å². The summed E-state index contributed by atoms with van der Waals surface area (Å²) in [6.45, 7) is 0.103. The maximum Gasteiger partial charge on any atom is 0.184 e. The standard InChI is InChI=1S/C20H22O6/c21-15-11-23-19(13-7-3-1-4-8-13)25-16-12-24-20(26-18(15)17(16)22)14-9-5-2-6-10-14/h1-10,15-22H,11-12H2/t15-,16+,17-,18-,19?,20?/m1/s1. The zero-order valence-electron chi connectivity index (χ0n) is 14.2. The molecule has 6 nitrogen and oxygen atoms in total. The van der Waals surface area contributed by atoms with Gasteiger partial charge in [-0.1, -0.05) is 60.7 Å². The van der Waals surface area contributed by atoms with Crippen LogP contribution in [0.4, 0.5) is 0 Å². The van der Waals surface area contributed by atoms with E-state index in [1.807, 2.05) is 60.7 Å². The monoisotopic (exact) mass is 358 g/mol. The molecule has 6 heteroatoms. The summed E-state index contributed by atoms with van der Waals surface area (Å²) in [7, 11) is 0. The third-order valence-corrected chi connectivity index (χ3v) is 4.65. The fourth-order valence-corrected chi connectivity index (χ4v) is 3.24. The first-order valence-corrected chi connectivity index (χ1v) is 8.72. The van der Waals surface area contributed by atoms with Crippen molar-refractivity contribution < 1.29 is 29.2 Å². The average Bonchev–Trinajstić information content (AvgIpc) is 2.87. The van der Waals surface area contributed by atoms with Crippen LogP contribution in [0.3, 0.4) is 0 Å². The largest absolute Gasteiger partial charge is 0.388 e. The molecule has 2 aliphatic heterocycles. The van der Waals surface area contributed by atoms with Crippen LogP contribution in [0.2, 0.25) is 0 Å². The smallest absolute Gasteiger partial charge is 0.184 e. The molecule has 2 fully saturated rings. The maximum absolute atomic E-state index is 10.7. The lowest BCUT2D eigenvalue weighted by Gasteiger charge is -2.35. The minimum absolute atomic E-state index is 0.0183. The summed E-state index contributed by atoms with van der Waals surface area (Å²) in [6, 6.07) is 18.9. The molecule has 0 radical (unpaired) electrons. The lowest BCUT2D eigenvalue weighted by atomic mass is 10.0. The van der Waals surface area contributed by atoms with Crippen molar-refractivity contribution in [3.05, 3.63) is 71.8 Å². The molecule has 2 unspecified atom stereocenters. The molecule has 2 aliphatic rings. The topological polar surface area (TPSA) is 77.4 Å². The zero-order valence-corrected chi connectivity index (χ0v) is 14.2. The van der Waals surface area contributed by atoms with E-state index in [9.17, 15) is 10.2 Å². The van der Waals surface area contributed by atoms with Crippen molar-refractivity contribution in [2.75, 3.05) is 13.2 Å². The van der Waals surface area contributed by atoms with Gasteiger partial charge in [0.05, 0.1) is 13.2 Å². The van der Waals surface area contributed by atoms with Crippen LogP contribution in [-0.4, -0.2) is 47.8 Å². The first-order valence-electron chi connectivity index (χ1n) is 8.72. The Morgan fingerprint density at radius 3 is 1.85 bits per heavy atom. The summed E-state index contributed by atoms with van der Waals surface area (Å²) in [5, 5.41) is 21.3. The molecule has 2 bridgehead atoms. The molecule has 0 aromatic heterocycles. The van der Waals surface area contributed by atoms with Gasteiger partial charge in [-0.3, -0.25) is 0 Å². The van der Waals surface area contributed by atoms with E-state index < -0.39 is 37.0 Å². The van der Waals surface area contributed by atoms with Gasteiger partial charge in [-0.2, -0.15) is 0 Å². The van der Waals surface area contributed by atoms with E-state index >= 15 is 0 Å². The van der Waals surface area contributed by atoms with Gasteiger partial charge in [0.25, 0.3) is 0 Å². The Balaban J connectivity index is 1.58. The van der Waals surface area contributed by atoms with Crippen LogP contribution in [0.15, 0.2) is 60.7 Å². The molecular weight excluding hydrogens is 336 g/mol. The SMILES string of the molecule is O[C@H]1[C@@H]2OC(c3ccccc3)OC[C@@H]1OC(c1ccccc1)OC[C@H]2O. The molecule has 2 aromatic carbocycles. The summed E-state index contributed by atoms with van der Waals surface area (Å²) >= 11 is 0. The predicted octanol–water partition coefficient (Wildman–Crippen LogP) is 1.94. The van der Waals surface area contributed by atoms with Gasteiger partial charge in [0.1, 0.15) is 24.4 Å². The molecule has 0 spiro atoms. The van der Waals surface area contributed by atoms with Crippen molar-refractivity contribution in [3.63, 3.8) is 0 Å². The number of hydrogen-bond acceptors (Lipinski definition) is 6. The van der Waals surface area contributed by atoms with E-state index in [0.29, 0.717) is 0 Å². The second-order valence-electron chi connectivity index (χ2n) is 6.49. The van der Waals surface area contributed by atoms with Crippen LogP contribution in [-0.2, 0) is 18.9 Å². The molecule has 2 N–H and O–H groups in total. The highest BCUT2D eigenvalue weighted by atomic mass is 16.7. The maximum atomic E-state index is 10.7. The van der Waals surface area contributed by atoms with Gasteiger partial charge in [0.2, 0.25) is 0 Å². The molecule has 0 aliphatic carbocycles. The number of benzene rings is 2. The van der Waals surface area contributed by atoms with Gasteiger partial charge in [0, 0.05) is 11.1 Å². The number of hydrogen-bond donors (Lipinski definition) is 2. The lowest BCUT2D eigenvalue weighted by molar-refractivity contribution is -0.252. The second kappa shape index (κ2) is 7.84. The molecule has 0 amide bonds. The van der Waals surface area contributed by atoms with Gasteiger partial charge in [0.15, 0.2) is 12.6 Å². The highest BCUT2D eigenvalue weighted by Gasteiger charge is 2.43. The fourth-order valence-electron chi connectivity index (χ4n) is 3.24. The summed E-state index contributed by atoms with van der Waals surface area (Å²) in [5.74, 6) is 0. The predicted molar refractivity (Wildman–Crippen MR) is 92.0 cm³/mol. The first kappa shape index (κ1) is 17.6. The summed E-state index contributed by atoms with van der Waals surface area (Å²) in [6.07, 6.45) is -4.97. The van der Waals surface area contributed by atoms with Gasteiger partial charge < -0.3 is 29.2 Å². The summed E-state index contributed by atoms with van der Waals surface area (Å²) in [4.78, 5) is 0. The molecule has 2 heterocycles. The third-order valence-electron chi connectivity index (χ3n) is 4.65. The molecule has 6 atom stereocenters. The molecule has 2 aromatic rings. The van der Waals surface area contributed by atoms with Crippen molar-refractivity contribution in [2.24, 2.45) is 0 Å². The van der Waals surface area contributed by atoms with Gasteiger partial charge in [-0.15, -0.1) is 0 Å². The lowest BCUT2D eigenvalue weighted by Crippen LogP contribution is -2.50. The fraction of sp³-hybridized carbons (Fsp3) is 0.400. The first-order chi connectivity index (χ1) is 12.7. The van der Waals surface area contributed by atoms with Crippen molar-refractivity contribution in [1.29, 1.82) is 0 Å². The average molecular weight is 358 g/mol. The molecule has 138 valence electrons. The Kier molecular flexibility index (Phi) is 5.31. The van der Waals surface area contributed by atoms with Crippen molar-refractivity contribution in [1.82, 2.24) is 0 Å². The molecule has 2 saturated heterocycles. The zero-order chi connectivity index (χ0) is 17.9. The Bertz CT molecular complexity index is 656. The molecule has 4 rings (SSSR count). The number of aliphatic hydroxyl groups is 2. The number of rotatable bonds is 2. The normalized spacial score (nSPS) is 35.2. The molecule has 26 heavy (non-hydrogen) atoms. The quantitative estimate of drug-likeness (QED) is 0.854. The summed E-state index contributed by atoms with van der Waals surface area (Å²) < 4.78 is 23.5. The van der Waals surface area contributed by atoms with Gasteiger partial charge in [-0.05, 0) is 0 Å². The van der Waals surface area contributed by atoms with Crippen molar-refractivity contribution >= 4 is 0 Å². The third kappa shape index (κ3) is 3.66. The van der Waals surface area contributed by atoms with Crippen LogP contribution < -0.4 is 0 Å². The van der Waals surface area contributed by atoms with Gasteiger partial charge in [-0.25, -0.2) is 0 Å². The van der Waals surface area contributed by atoms with E-state index in [1.165, 1.54) is 0 Å². The van der Waals surface area contributed by atoms with Gasteiger partial charge >= 0.3 is 0 Å². The van der Waals surface area contributed by atoms with E-state index in [0.717, 1.165) is 11.1 Å². The Morgan fingerprint density at radius 1 is 0.692 bits per heavy atom. The van der Waals surface area contributed by atoms with Crippen LogP contribution >= 0.6 is 0 Å². The molecular formula is C20H22O6. The number of aliphatic hydroxyl groups excluding tert-OH is 2. The van der Waals surface area contributed by atoms with Crippen LogP contribution in [0, 0.1) is 0 Å². The molecule has 0 saturated carbocycles. The highest BCUT2D eigenvalue weighted by Crippen LogP contribution is 2.33. The minimum atomic E-state index is -1.03. The van der Waals surface area contributed by atoms with E-state index in [-0.39, 0.29) is 13.2 Å². The Morgan fingerprint density at radius 2 is 1.23 bits per heavy atom. The Hall–Kier alpha value is -1.80. The minimum Gasteiger partial charge on any atom is -0.388 e. The van der Waals surface area contributed by atoms with Crippen LogP contribution in [0.5, 0.6) is 0 Å². The number of ether oxygens (including phenoxy) is 4. The highest BCUT2D eigenvalue weighted by molar-refractivity contribution is 5.17. The van der Waals surface area contributed by atoms with Crippen LogP contribution in [0.1, 0.15) is 23.7 Å². The van der Waals surface area contributed by atoms with Crippen molar-refractivity contribution in [2.45, 2.75) is 37.0 Å². The van der Waals surface area contributed by atoms with E-state index in [1.54, 1.807) is 0 Å². The summed E-state index contributed by atoms with van der Waals surface area (Å²) in [5.41, 5.74) is 1.63. The van der Waals surface area contributed by atoms with Crippen molar-refractivity contribution in [3.8, 4) is 0 Å². The second-order valence-corrected chi connectivity index (χ2v) is 6.49. The number of fused-ring (bicyclic) bond motifs is 2. The Labute approximate surface area is 151 Å². The van der Waals surface area contributed by atoms with E-state index in [4.69, 9.17) is 18.9 Å².